The smallest absolute Gasteiger partial charge is 0.306 e. The minimum atomic E-state index is -4.70. The van der Waals surface area contributed by atoms with E-state index in [4.69, 9.17) is 13.8 Å². The Hall–Kier alpha value is -2.55. The van der Waals surface area contributed by atoms with E-state index in [9.17, 15) is 19.0 Å². The molecule has 1 amide bonds. The van der Waals surface area contributed by atoms with Crippen LogP contribution in [0, 0.1) is 0 Å². The number of carbonyl (C=O) groups is 2. The van der Waals surface area contributed by atoms with E-state index in [1.165, 1.54) is 89.9 Å². The third-order valence-electron chi connectivity index (χ3n) is 11.7. The van der Waals surface area contributed by atoms with Crippen molar-refractivity contribution in [1.29, 1.82) is 0 Å². The lowest BCUT2D eigenvalue weighted by atomic mass is 10.1. The van der Waals surface area contributed by atoms with Crippen molar-refractivity contribution in [3.63, 3.8) is 0 Å². The molecule has 0 aliphatic rings. The largest absolute Gasteiger partial charge is 0.756 e. The van der Waals surface area contributed by atoms with Crippen LogP contribution in [0.25, 0.3) is 0 Å². The molecule has 0 aliphatic heterocycles. The number of unbranched alkanes of at least 4 members (excludes halogenated alkanes) is 24. The molecule has 0 aliphatic carbocycles. The van der Waals surface area contributed by atoms with Gasteiger partial charge in [-0.1, -0.05) is 203 Å². The van der Waals surface area contributed by atoms with Gasteiger partial charge in [-0.2, -0.15) is 0 Å². The number of esters is 1. The number of carbonyl (C=O) groups excluding carboxylic acids is 2. The Labute approximate surface area is 413 Å². The monoisotopic (exact) mass is 959 g/mol. The summed E-state index contributed by atoms with van der Waals surface area (Å²) in [6.45, 7) is 6.64. The van der Waals surface area contributed by atoms with Crippen molar-refractivity contribution < 1.29 is 37.3 Å². The summed E-state index contributed by atoms with van der Waals surface area (Å²) in [6.07, 6.45) is 58.6. The number of allylic oxidation sites excluding steroid dienone is 11. The first-order valence-electron chi connectivity index (χ1n) is 27.3. The Morgan fingerprint density at radius 3 is 1.57 bits per heavy atom. The topological polar surface area (TPSA) is 114 Å². The Balaban J connectivity index is 5.39. The zero-order chi connectivity index (χ0) is 49.4. The molecule has 388 valence electrons. The molecule has 3 atom stereocenters. The van der Waals surface area contributed by atoms with E-state index in [1.807, 2.05) is 39.4 Å². The molecule has 3 unspecified atom stereocenters. The van der Waals surface area contributed by atoms with E-state index in [1.54, 1.807) is 0 Å². The van der Waals surface area contributed by atoms with E-state index < -0.39 is 26.6 Å². The summed E-state index contributed by atoms with van der Waals surface area (Å²) >= 11 is 0. The fraction of sp³-hybridized carbons (Fsp3) is 0.754. The normalized spacial score (nSPS) is 14.4. The van der Waals surface area contributed by atoms with E-state index in [0.29, 0.717) is 17.4 Å². The summed E-state index contributed by atoms with van der Waals surface area (Å²) in [5.74, 6) is -0.579. The van der Waals surface area contributed by atoms with Gasteiger partial charge in [-0.05, 0) is 83.1 Å². The molecule has 67 heavy (non-hydrogen) atoms. The average Bonchev–Trinajstić information content (AvgIpc) is 3.28. The zero-order valence-electron chi connectivity index (χ0n) is 44.1. The predicted octanol–water partition coefficient (Wildman–Crippen LogP) is 15.5. The summed E-state index contributed by atoms with van der Waals surface area (Å²) < 4.78 is 30.1. The highest BCUT2D eigenvalue weighted by atomic mass is 31.2. The second-order valence-corrected chi connectivity index (χ2v) is 20.8. The third-order valence-corrected chi connectivity index (χ3v) is 12.6. The van der Waals surface area contributed by atoms with Gasteiger partial charge in [-0.3, -0.25) is 14.2 Å². The van der Waals surface area contributed by atoms with E-state index >= 15 is 0 Å². The lowest BCUT2D eigenvalue weighted by Crippen LogP contribution is -2.47. The lowest BCUT2D eigenvalue weighted by molar-refractivity contribution is -0.870. The van der Waals surface area contributed by atoms with E-state index in [-0.39, 0.29) is 31.3 Å². The lowest BCUT2D eigenvalue weighted by Gasteiger charge is -2.30. The number of quaternary nitrogens is 1. The van der Waals surface area contributed by atoms with Gasteiger partial charge >= 0.3 is 5.97 Å². The number of nitrogens with one attached hydrogen (secondary N) is 1. The molecule has 0 rings (SSSR count). The Bertz CT molecular complexity index is 1380. The van der Waals surface area contributed by atoms with Gasteiger partial charge in [0.05, 0.1) is 33.8 Å². The molecule has 0 aromatic carbocycles. The molecule has 10 heteroatoms. The Morgan fingerprint density at radius 2 is 1.01 bits per heavy atom. The number of rotatable bonds is 48. The van der Waals surface area contributed by atoms with Crippen LogP contribution in [-0.2, 0) is 27.9 Å². The molecular formula is C57H103N2O7P. The molecule has 0 spiro atoms. The fourth-order valence-corrected chi connectivity index (χ4v) is 8.16. The number of likely N-dealkylation sites (N-methyl/N-ethyl adjacent to an activating group) is 1. The number of nitrogens with zero attached hydrogens (tertiary/aromatic N) is 1. The van der Waals surface area contributed by atoms with Crippen molar-refractivity contribution in [2.45, 2.75) is 238 Å². The molecule has 0 radical (unpaired) electrons. The maximum atomic E-state index is 13.4. The highest BCUT2D eigenvalue weighted by molar-refractivity contribution is 7.45. The third kappa shape index (κ3) is 48.3. The summed E-state index contributed by atoms with van der Waals surface area (Å²) in [7, 11) is 1.16. The standard InChI is InChI=1S/C57H103N2O7P/c1-7-10-13-16-19-22-25-27-28-29-30-32-35-38-41-44-47-50-57(61)66-55(48-45-42-39-36-33-24-21-18-15-12-9-3)54(53-65-67(62,63)64-52-51-59(4,5)6)58-56(60)49-46-43-40-37-34-31-26-23-20-17-14-11-8-2/h11,14,17,19-20,22-23,26-28,45,48,54-55H,7-10,12-13,15-16,18,21,24-25,29-44,46-47,49-53H2,1-6H3,(H-,58,60,62,63)/b14-11+,20-17+,22-19-,26-23-,28-27-,48-45+. The number of ether oxygens (including phenoxy) is 1. The number of hydrogen-bond acceptors (Lipinski definition) is 7. The van der Waals surface area contributed by atoms with Gasteiger partial charge in [0.15, 0.2) is 0 Å². The number of hydrogen-bond donors (Lipinski definition) is 1. The Morgan fingerprint density at radius 1 is 0.552 bits per heavy atom. The Kier molecular flexibility index (Phi) is 45.3. The van der Waals surface area contributed by atoms with Crippen LogP contribution in [0.3, 0.4) is 0 Å². The number of phosphoric ester groups is 1. The molecule has 0 saturated carbocycles. The van der Waals surface area contributed by atoms with Crippen LogP contribution in [0.15, 0.2) is 72.9 Å². The van der Waals surface area contributed by atoms with Crippen LogP contribution in [0.1, 0.15) is 226 Å². The first-order chi connectivity index (χ1) is 32.4. The molecule has 0 saturated heterocycles. The molecule has 0 fully saturated rings. The van der Waals surface area contributed by atoms with Gasteiger partial charge in [-0.25, -0.2) is 0 Å². The van der Waals surface area contributed by atoms with Crippen molar-refractivity contribution in [2.75, 3.05) is 40.9 Å². The molecule has 0 aromatic rings. The van der Waals surface area contributed by atoms with Crippen molar-refractivity contribution >= 4 is 19.7 Å². The molecule has 9 nitrogen and oxygen atoms in total. The first kappa shape index (κ1) is 64.5. The number of phosphoric acid groups is 1. The van der Waals surface area contributed by atoms with Crippen LogP contribution in [0.5, 0.6) is 0 Å². The zero-order valence-corrected chi connectivity index (χ0v) is 45.0. The SMILES string of the molecule is CC/C=C/C=C/C=C\CCCCCCCC(=O)NC(COP(=O)([O-])OCC[N+](C)(C)C)C(/C=C/CCCCCCCCCCC)OC(=O)CCCCCCCCC/C=C\C/C=C\CCCCC. The van der Waals surface area contributed by atoms with Gasteiger partial charge in [-0.15, -0.1) is 0 Å². The second-order valence-electron chi connectivity index (χ2n) is 19.4. The molecule has 0 aromatic heterocycles. The molecule has 0 bridgehead atoms. The maximum Gasteiger partial charge on any atom is 0.306 e. The van der Waals surface area contributed by atoms with Gasteiger partial charge in [0.2, 0.25) is 5.91 Å². The van der Waals surface area contributed by atoms with Gasteiger partial charge < -0.3 is 28.5 Å². The van der Waals surface area contributed by atoms with E-state index in [0.717, 1.165) is 96.3 Å². The minimum Gasteiger partial charge on any atom is -0.756 e. The quantitative estimate of drug-likeness (QED) is 0.0161. The molecular weight excluding hydrogens is 856 g/mol. The minimum absolute atomic E-state index is 0.0307. The van der Waals surface area contributed by atoms with Crippen LogP contribution >= 0.6 is 7.82 Å². The average molecular weight is 959 g/mol. The molecule has 1 N–H and O–H groups in total. The van der Waals surface area contributed by atoms with Gasteiger partial charge in [0, 0.05) is 12.8 Å². The van der Waals surface area contributed by atoms with Crippen LogP contribution in [0.2, 0.25) is 0 Å². The summed E-state index contributed by atoms with van der Waals surface area (Å²) in [5.41, 5.74) is 0. The molecule has 0 heterocycles. The van der Waals surface area contributed by atoms with Crippen molar-refractivity contribution in [2.24, 2.45) is 0 Å². The van der Waals surface area contributed by atoms with Crippen molar-refractivity contribution in [1.82, 2.24) is 5.32 Å². The fourth-order valence-electron chi connectivity index (χ4n) is 7.43. The number of amides is 1. The van der Waals surface area contributed by atoms with Crippen LogP contribution in [-0.4, -0.2) is 69.4 Å². The first-order valence-corrected chi connectivity index (χ1v) is 28.7. The van der Waals surface area contributed by atoms with Crippen LogP contribution in [0.4, 0.5) is 0 Å². The van der Waals surface area contributed by atoms with Crippen molar-refractivity contribution in [3.05, 3.63) is 72.9 Å². The van der Waals surface area contributed by atoms with Gasteiger partial charge in [0.1, 0.15) is 19.3 Å². The summed E-state index contributed by atoms with van der Waals surface area (Å²) in [5, 5.41) is 3.00. The highest BCUT2D eigenvalue weighted by Crippen LogP contribution is 2.38. The highest BCUT2D eigenvalue weighted by Gasteiger charge is 2.27. The summed E-state index contributed by atoms with van der Waals surface area (Å²) in [6, 6.07) is -0.903. The second kappa shape index (κ2) is 47.1. The predicted molar refractivity (Wildman–Crippen MR) is 284 cm³/mol. The summed E-state index contributed by atoms with van der Waals surface area (Å²) in [4.78, 5) is 39.7. The van der Waals surface area contributed by atoms with E-state index in [2.05, 4.69) is 80.8 Å². The van der Waals surface area contributed by atoms with Crippen molar-refractivity contribution in [3.8, 4) is 0 Å². The van der Waals surface area contributed by atoms with Gasteiger partial charge in [0.25, 0.3) is 7.82 Å². The van der Waals surface area contributed by atoms with Crippen LogP contribution < -0.4 is 10.2 Å². The maximum absolute atomic E-state index is 13.4.